The normalized spacial score (nSPS) is 29.4. The fourth-order valence-corrected chi connectivity index (χ4v) is 2.98. The quantitative estimate of drug-likeness (QED) is 0.799. The standard InChI is InChI=1S/C17H20O4/c1-10(2)12-5-4-6-13(7-12)11(3)8-17-16(19)15(21-17)14(18)9-20-17/h4-7,10-11,15H,8-9H2,1-3H3. The Bertz CT molecular complexity index is 588. The van der Waals surface area contributed by atoms with Gasteiger partial charge in [0.2, 0.25) is 11.6 Å². The van der Waals surface area contributed by atoms with E-state index in [0.717, 1.165) is 5.56 Å². The fourth-order valence-electron chi connectivity index (χ4n) is 2.98. The van der Waals surface area contributed by atoms with E-state index in [1.54, 1.807) is 0 Å². The summed E-state index contributed by atoms with van der Waals surface area (Å²) >= 11 is 0. The molecule has 0 saturated carbocycles. The summed E-state index contributed by atoms with van der Waals surface area (Å²) in [6.07, 6.45) is -0.426. The van der Waals surface area contributed by atoms with Crippen LogP contribution in [0.3, 0.4) is 0 Å². The molecule has 0 aliphatic carbocycles. The minimum Gasteiger partial charge on any atom is -0.335 e. The van der Waals surface area contributed by atoms with Crippen molar-refractivity contribution in [2.24, 2.45) is 0 Å². The zero-order valence-electron chi connectivity index (χ0n) is 12.6. The third kappa shape index (κ3) is 2.32. The molecule has 3 unspecified atom stereocenters. The van der Waals surface area contributed by atoms with Crippen molar-refractivity contribution >= 4 is 11.6 Å². The first-order chi connectivity index (χ1) is 9.93. The first-order valence-electron chi connectivity index (χ1n) is 7.41. The van der Waals surface area contributed by atoms with Crippen LogP contribution in [0.4, 0.5) is 0 Å². The van der Waals surface area contributed by atoms with Gasteiger partial charge >= 0.3 is 0 Å². The van der Waals surface area contributed by atoms with E-state index < -0.39 is 11.9 Å². The molecule has 4 nitrogen and oxygen atoms in total. The lowest BCUT2D eigenvalue weighted by atomic mass is 9.83. The molecule has 3 aliphatic rings. The van der Waals surface area contributed by atoms with Gasteiger partial charge in [0.1, 0.15) is 6.61 Å². The highest BCUT2D eigenvalue weighted by Gasteiger charge is 2.63. The van der Waals surface area contributed by atoms with Crippen molar-refractivity contribution in [2.75, 3.05) is 6.61 Å². The molecule has 1 aromatic carbocycles. The fraction of sp³-hybridized carbons (Fsp3) is 0.529. The Balaban J connectivity index is 1.75. The zero-order chi connectivity index (χ0) is 15.2. The summed E-state index contributed by atoms with van der Waals surface area (Å²) in [5, 5.41) is 0. The maximum atomic E-state index is 12.0. The van der Waals surface area contributed by atoms with Crippen LogP contribution >= 0.6 is 0 Å². The smallest absolute Gasteiger partial charge is 0.234 e. The Morgan fingerprint density at radius 1 is 1.24 bits per heavy atom. The molecule has 0 amide bonds. The molecule has 4 rings (SSSR count). The van der Waals surface area contributed by atoms with E-state index in [4.69, 9.17) is 9.47 Å². The van der Waals surface area contributed by atoms with Gasteiger partial charge in [0.25, 0.3) is 0 Å². The van der Waals surface area contributed by atoms with Crippen molar-refractivity contribution in [3.05, 3.63) is 35.4 Å². The van der Waals surface area contributed by atoms with Gasteiger partial charge in [-0.1, -0.05) is 45.0 Å². The van der Waals surface area contributed by atoms with Crippen molar-refractivity contribution in [3.63, 3.8) is 0 Å². The molecule has 4 heteroatoms. The summed E-state index contributed by atoms with van der Waals surface area (Å²) < 4.78 is 10.8. The molecule has 3 fully saturated rings. The molecule has 3 heterocycles. The summed E-state index contributed by atoms with van der Waals surface area (Å²) in [4.78, 5) is 23.4. The molecule has 1 aromatic rings. The minimum atomic E-state index is -1.19. The second kappa shape index (κ2) is 5.04. The van der Waals surface area contributed by atoms with E-state index in [9.17, 15) is 9.59 Å². The van der Waals surface area contributed by atoms with Gasteiger partial charge in [-0.2, -0.15) is 0 Å². The molecule has 0 spiro atoms. The zero-order valence-corrected chi connectivity index (χ0v) is 12.6. The van der Waals surface area contributed by atoms with Gasteiger partial charge in [-0.05, 0) is 23.0 Å². The number of Topliss-reactive ketones (excluding diaryl/α,β-unsaturated/α-hetero) is 2. The molecular weight excluding hydrogens is 268 g/mol. The van der Waals surface area contributed by atoms with Gasteiger partial charge in [0, 0.05) is 6.42 Å². The third-order valence-corrected chi connectivity index (χ3v) is 4.38. The van der Waals surface area contributed by atoms with E-state index in [1.165, 1.54) is 5.56 Å². The molecule has 0 N–H and O–H groups in total. The van der Waals surface area contributed by atoms with Crippen LogP contribution in [-0.4, -0.2) is 30.1 Å². The van der Waals surface area contributed by atoms with E-state index in [1.807, 2.05) is 6.07 Å². The molecule has 3 aliphatic heterocycles. The molecule has 112 valence electrons. The largest absolute Gasteiger partial charge is 0.335 e. The third-order valence-electron chi connectivity index (χ3n) is 4.38. The summed E-state index contributed by atoms with van der Waals surface area (Å²) in [6, 6.07) is 8.37. The lowest BCUT2D eigenvalue weighted by Crippen LogP contribution is -2.70. The number of carbonyl (C=O) groups excluding carboxylic acids is 2. The SMILES string of the molecule is CC(C)c1cccc(C(C)CC23OCC(=O)C(O2)C3=O)c1. The topological polar surface area (TPSA) is 52.6 Å². The van der Waals surface area contributed by atoms with E-state index >= 15 is 0 Å². The molecule has 3 atom stereocenters. The number of rotatable bonds is 4. The predicted molar refractivity (Wildman–Crippen MR) is 77.1 cm³/mol. The highest BCUT2D eigenvalue weighted by molar-refractivity contribution is 6.14. The number of fused-ring (bicyclic) bond motifs is 2. The number of benzene rings is 1. The average molecular weight is 288 g/mol. The van der Waals surface area contributed by atoms with Gasteiger partial charge < -0.3 is 9.47 Å². The van der Waals surface area contributed by atoms with Crippen LogP contribution in [0.15, 0.2) is 24.3 Å². The Labute approximate surface area is 124 Å². The van der Waals surface area contributed by atoms with E-state index in [-0.39, 0.29) is 24.1 Å². The van der Waals surface area contributed by atoms with Gasteiger partial charge in [0.15, 0.2) is 11.9 Å². The molecular formula is C17H20O4. The Kier molecular flexibility index (Phi) is 3.46. The molecule has 3 saturated heterocycles. The van der Waals surface area contributed by atoms with Crippen LogP contribution < -0.4 is 0 Å². The summed E-state index contributed by atoms with van der Waals surface area (Å²) in [5.41, 5.74) is 2.44. The van der Waals surface area contributed by atoms with Crippen LogP contribution in [0, 0.1) is 0 Å². The summed E-state index contributed by atoms with van der Waals surface area (Å²) in [6.45, 7) is 6.34. The van der Waals surface area contributed by atoms with Crippen LogP contribution in [0.5, 0.6) is 0 Å². The van der Waals surface area contributed by atoms with Crippen molar-refractivity contribution < 1.29 is 19.1 Å². The maximum absolute atomic E-state index is 12.0. The molecule has 2 bridgehead atoms. The van der Waals surface area contributed by atoms with E-state index in [2.05, 4.69) is 39.0 Å². The first kappa shape index (κ1) is 14.4. The lowest BCUT2D eigenvalue weighted by Gasteiger charge is -2.49. The van der Waals surface area contributed by atoms with Crippen LogP contribution in [0.2, 0.25) is 0 Å². The average Bonchev–Trinajstić information content (AvgIpc) is 2.48. The van der Waals surface area contributed by atoms with Gasteiger partial charge in [-0.15, -0.1) is 0 Å². The highest BCUT2D eigenvalue weighted by atomic mass is 16.7. The van der Waals surface area contributed by atoms with Gasteiger partial charge in [-0.3, -0.25) is 9.59 Å². The summed E-state index contributed by atoms with van der Waals surface area (Å²) in [7, 11) is 0. The van der Waals surface area contributed by atoms with Crippen molar-refractivity contribution in [1.82, 2.24) is 0 Å². The number of ether oxygens (including phenoxy) is 2. The number of hydrogen-bond acceptors (Lipinski definition) is 4. The van der Waals surface area contributed by atoms with Gasteiger partial charge in [0.05, 0.1) is 0 Å². The first-order valence-corrected chi connectivity index (χ1v) is 7.41. The number of carbonyl (C=O) groups is 2. The maximum Gasteiger partial charge on any atom is 0.234 e. The van der Waals surface area contributed by atoms with Crippen molar-refractivity contribution in [2.45, 2.75) is 50.9 Å². The number of ketones is 2. The van der Waals surface area contributed by atoms with Crippen molar-refractivity contribution in [1.29, 1.82) is 0 Å². The van der Waals surface area contributed by atoms with Crippen LogP contribution in [-0.2, 0) is 19.1 Å². The van der Waals surface area contributed by atoms with Crippen LogP contribution in [0.1, 0.15) is 50.2 Å². The van der Waals surface area contributed by atoms with Crippen molar-refractivity contribution in [3.8, 4) is 0 Å². The predicted octanol–water partition coefficient (Wildman–Crippen LogP) is 2.57. The number of hydrogen-bond donors (Lipinski definition) is 0. The second-order valence-corrected chi connectivity index (χ2v) is 6.30. The molecule has 0 aromatic heterocycles. The van der Waals surface area contributed by atoms with E-state index in [0.29, 0.717) is 12.3 Å². The second-order valence-electron chi connectivity index (χ2n) is 6.30. The summed E-state index contributed by atoms with van der Waals surface area (Å²) in [5.74, 6) is -1.08. The monoisotopic (exact) mass is 288 g/mol. The van der Waals surface area contributed by atoms with Crippen LogP contribution in [0.25, 0.3) is 0 Å². The Morgan fingerprint density at radius 3 is 2.57 bits per heavy atom. The highest BCUT2D eigenvalue weighted by Crippen LogP contribution is 2.42. The molecule has 0 radical (unpaired) electrons. The molecule has 21 heavy (non-hydrogen) atoms. The lowest BCUT2D eigenvalue weighted by molar-refractivity contribution is -0.309. The van der Waals surface area contributed by atoms with Gasteiger partial charge in [-0.25, -0.2) is 0 Å². The minimum absolute atomic E-state index is 0.0187. The Morgan fingerprint density at radius 2 is 1.95 bits per heavy atom. The Hall–Kier alpha value is -1.52.